The minimum Gasteiger partial charge on any atom is -0.394 e. The second-order valence-electron chi connectivity index (χ2n) is 5.28. The monoisotopic (exact) mass is 234 g/mol. The lowest BCUT2D eigenvalue weighted by Gasteiger charge is -2.38. The van der Waals surface area contributed by atoms with E-state index in [0.29, 0.717) is 0 Å². The molecule has 0 amide bonds. The molecule has 0 aromatic heterocycles. The van der Waals surface area contributed by atoms with Crippen LogP contribution in [0.1, 0.15) is 24.0 Å². The van der Waals surface area contributed by atoms with Gasteiger partial charge in [-0.2, -0.15) is 0 Å². The van der Waals surface area contributed by atoms with E-state index in [9.17, 15) is 5.11 Å². The van der Waals surface area contributed by atoms with E-state index in [4.69, 9.17) is 5.73 Å². The van der Waals surface area contributed by atoms with Crippen LogP contribution in [0.25, 0.3) is 0 Å². The van der Waals surface area contributed by atoms with Crippen molar-refractivity contribution in [1.82, 2.24) is 4.90 Å². The van der Waals surface area contributed by atoms with Crippen molar-refractivity contribution in [1.29, 1.82) is 0 Å². The summed E-state index contributed by atoms with van der Waals surface area (Å²) in [6, 6.07) is 8.68. The van der Waals surface area contributed by atoms with Crippen LogP contribution >= 0.6 is 0 Å². The molecule has 1 aliphatic rings. The maximum Gasteiger partial charge on any atom is 0.0612 e. The molecule has 0 unspecified atom stereocenters. The maximum atomic E-state index is 9.21. The Morgan fingerprint density at radius 3 is 2.35 bits per heavy atom. The van der Waals surface area contributed by atoms with Crippen molar-refractivity contribution in [3.8, 4) is 0 Å². The Morgan fingerprint density at radius 1 is 1.24 bits per heavy atom. The third-order valence-electron chi connectivity index (χ3n) is 3.69. The molecule has 0 radical (unpaired) electrons. The molecular formula is C14H22N2O. The predicted octanol–water partition coefficient (Wildman–Crippen LogP) is 1.28. The fourth-order valence-electron chi connectivity index (χ4n) is 2.27. The van der Waals surface area contributed by atoms with Gasteiger partial charge in [0.05, 0.1) is 6.61 Å². The number of nitrogens with two attached hydrogens (primary N) is 1. The SMILES string of the molecule is Cc1ccc(CN2CCC(N)(CO)CC2)cc1. The summed E-state index contributed by atoms with van der Waals surface area (Å²) in [5.41, 5.74) is 8.36. The van der Waals surface area contributed by atoms with Crippen LogP contribution in [0.4, 0.5) is 0 Å². The highest BCUT2D eigenvalue weighted by molar-refractivity contribution is 5.21. The molecule has 1 aromatic rings. The Hall–Kier alpha value is -0.900. The quantitative estimate of drug-likeness (QED) is 0.828. The highest BCUT2D eigenvalue weighted by Gasteiger charge is 2.29. The number of aryl methyl sites for hydroxylation is 1. The molecular weight excluding hydrogens is 212 g/mol. The lowest BCUT2D eigenvalue weighted by atomic mass is 9.89. The molecule has 0 saturated carbocycles. The number of rotatable bonds is 3. The van der Waals surface area contributed by atoms with Crippen molar-refractivity contribution in [3.05, 3.63) is 35.4 Å². The Morgan fingerprint density at radius 2 is 1.82 bits per heavy atom. The molecule has 17 heavy (non-hydrogen) atoms. The summed E-state index contributed by atoms with van der Waals surface area (Å²) in [6.07, 6.45) is 1.77. The van der Waals surface area contributed by atoms with Crippen molar-refractivity contribution in [2.24, 2.45) is 5.73 Å². The van der Waals surface area contributed by atoms with Crippen molar-refractivity contribution >= 4 is 0 Å². The highest BCUT2D eigenvalue weighted by atomic mass is 16.3. The third-order valence-corrected chi connectivity index (χ3v) is 3.69. The molecule has 2 rings (SSSR count). The Kier molecular flexibility index (Phi) is 3.82. The first kappa shape index (κ1) is 12.6. The van der Waals surface area contributed by atoms with Gasteiger partial charge in [-0.3, -0.25) is 4.90 Å². The molecule has 1 aliphatic heterocycles. The van der Waals surface area contributed by atoms with Crippen molar-refractivity contribution in [2.75, 3.05) is 19.7 Å². The molecule has 0 aliphatic carbocycles. The normalized spacial score (nSPS) is 20.4. The largest absolute Gasteiger partial charge is 0.394 e. The van der Waals surface area contributed by atoms with Gasteiger partial charge in [-0.15, -0.1) is 0 Å². The first-order valence-corrected chi connectivity index (χ1v) is 6.29. The highest BCUT2D eigenvalue weighted by Crippen LogP contribution is 2.20. The summed E-state index contributed by atoms with van der Waals surface area (Å²) in [4.78, 5) is 2.41. The van der Waals surface area contributed by atoms with Crippen LogP contribution in [0, 0.1) is 6.92 Å². The van der Waals surface area contributed by atoms with Gasteiger partial charge in [0.25, 0.3) is 0 Å². The van der Waals surface area contributed by atoms with Crippen molar-refractivity contribution in [3.63, 3.8) is 0 Å². The van der Waals surface area contributed by atoms with Crippen molar-refractivity contribution in [2.45, 2.75) is 31.8 Å². The summed E-state index contributed by atoms with van der Waals surface area (Å²) >= 11 is 0. The van der Waals surface area contributed by atoms with E-state index in [2.05, 4.69) is 36.1 Å². The number of aliphatic hydroxyl groups is 1. The topological polar surface area (TPSA) is 49.5 Å². The van der Waals surface area contributed by atoms with Gasteiger partial charge in [-0.05, 0) is 25.3 Å². The second-order valence-corrected chi connectivity index (χ2v) is 5.28. The zero-order chi connectivity index (χ0) is 12.3. The average molecular weight is 234 g/mol. The van der Waals surface area contributed by atoms with Crippen LogP contribution in [0.5, 0.6) is 0 Å². The number of likely N-dealkylation sites (tertiary alicyclic amines) is 1. The van der Waals surface area contributed by atoms with E-state index in [0.717, 1.165) is 32.5 Å². The van der Waals surface area contributed by atoms with Gasteiger partial charge in [0, 0.05) is 25.2 Å². The number of hydrogen-bond donors (Lipinski definition) is 2. The van der Waals surface area contributed by atoms with Crippen LogP contribution in [0.3, 0.4) is 0 Å². The van der Waals surface area contributed by atoms with E-state index in [1.807, 2.05) is 0 Å². The molecule has 3 nitrogen and oxygen atoms in total. The predicted molar refractivity (Wildman–Crippen MR) is 69.7 cm³/mol. The number of nitrogens with zero attached hydrogens (tertiary/aromatic N) is 1. The van der Waals surface area contributed by atoms with E-state index in [1.165, 1.54) is 11.1 Å². The molecule has 1 fully saturated rings. The number of benzene rings is 1. The first-order chi connectivity index (χ1) is 8.11. The standard InChI is InChI=1S/C14H22N2O/c1-12-2-4-13(5-3-12)10-16-8-6-14(15,11-17)7-9-16/h2-5,17H,6-11,15H2,1H3. The molecule has 1 saturated heterocycles. The fourth-order valence-corrected chi connectivity index (χ4v) is 2.27. The van der Waals surface area contributed by atoms with Gasteiger partial charge in [0.2, 0.25) is 0 Å². The Bertz CT molecular complexity index is 353. The molecule has 94 valence electrons. The molecule has 1 aromatic carbocycles. The lowest BCUT2D eigenvalue weighted by Crippen LogP contribution is -2.52. The van der Waals surface area contributed by atoms with E-state index in [-0.39, 0.29) is 12.1 Å². The summed E-state index contributed by atoms with van der Waals surface area (Å²) in [5.74, 6) is 0. The molecule has 3 N–H and O–H groups in total. The molecule has 1 heterocycles. The molecule has 0 spiro atoms. The summed E-state index contributed by atoms with van der Waals surface area (Å²) < 4.78 is 0. The van der Waals surface area contributed by atoms with Gasteiger partial charge in [-0.1, -0.05) is 29.8 Å². The summed E-state index contributed by atoms with van der Waals surface area (Å²) in [6.45, 7) is 5.15. The van der Waals surface area contributed by atoms with Crippen LogP contribution in [0.15, 0.2) is 24.3 Å². The minimum absolute atomic E-state index is 0.103. The zero-order valence-corrected chi connectivity index (χ0v) is 10.5. The third kappa shape index (κ3) is 3.28. The maximum absolute atomic E-state index is 9.21. The molecule has 3 heteroatoms. The number of aliphatic hydroxyl groups excluding tert-OH is 1. The number of piperidine rings is 1. The van der Waals surface area contributed by atoms with Gasteiger partial charge < -0.3 is 10.8 Å². The Balaban J connectivity index is 1.88. The van der Waals surface area contributed by atoms with Gasteiger partial charge in [-0.25, -0.2) is 0 Å². The van der Waals surface area contributed by atoms with Crippen LogP contribution in [-0.2, 0) is 6.54 Å². The van der Waals surface area contributed by atoms with Crippen LogP contribution in [-0.4, -0.2) is 35.2 Å². The van der Waals surface area contributed by atoms with Gasteiger partial charge in [0.15, 0.2) is 0 Å². The smallest absolute Gasteiger partial charge is 0.0612 e. The van der Waals surface area contributed by atoms with Gasteiger partial charge in [0.1, 0.15) is 0 Å². The molecule has 0 atom stereocenters. The minimum atomic E-state index is -0.343. The van der Waals surface area contributed by atoms with Crippen LogP contribution in [0.2, 0.25) is 0 Å². The number of hydrogen-bond acceptors (Lipinski definition) is 3. The van der Waals surface area contributed by atoms with Crippen LogP contribution < -0.4 is 5.73 Å². The van der Waals surface area contributed by atoms with Gasteiger partial charge >= 0.3 is 0 Å². The first-order valence-electron chi connectivity index (χ1n) is 6.29. The lowest BCUT2D eigenvalue weighted by molar-refractivity contribution is 0.102. The molecule has 0 bridgehead atoms. The van der Waals surface area contributed by atoms with Crippen molar-refractivity contribution < 1.29 is 5.11 Å². The summed E-state index contributed by atoms with van der Waals surface area (Å²) in [7, 11) is 0. The second kappa shape index (κ2) is 5.17. The zero-order valence-electron chi connectivity index (χ0n) is 10.5. The van der Waals surface area contributed by atoms with E-state index >= 15 is 0 Å². The van der Waals surface area contributed by atoms with E-state index in [1.54, 1.807) is 0 Å². The fraction of sp³-hybridized carbons (Fsp3) is 0.571. The van der Waals surface area contributed by atoms with E-state index < -0.39 is 0 Å². The average Bonchev–Trinajstić information content (AvgIpc) is 2.35. The Labute approximate surface area is 103 Å². The summed E-state index contributed by atoms with van der Waals surface area (Å²) in [5, 5.41) is 9.21.